The molecular formula is C19H21N3O2. The maximum atomic E-state index is 5.63. The number of nitrogens with one attached hydrogen (secondary N) is 1. The first-order valence-electron chi connectivity index (χ1n) is 8.29. The van der Waals surface area contributed by atoms with E-state index in [1.54, 1.807) is 0 Å². The van der Waals surface area contributed by atoms with E-state index in [1.807, 2.05) is 19.9 Å². The summed E-state index contributed by atoms with van der Waals surface area (Å²) in [6, 6.07) is 10.9. The number of rotatable bonds is 4. The van der Waals surface area contributed by atoms with Gasteiger partial charge in [0.2, 0.25) is 5.71 Å². The van der Waals surface area contributed by atoms with Crippen LogP contribution >= 0.6 is 0 Å². The fourth-order valence-corrected chi connectivity index (χ4v) is 3.03. The molecule has 1 unspecified atom stereocenters. The van der Waals surface area contributed by atoms with Gasteiger partial charge in [0.15, 0.2) is 0 Å². The molecule has 24 heavy (non-hydrogen) atoms. The van der Waals surface area contributed by atoms with E-state index in [4.69, 9.17) is 9.15 Å². The molecule has 3 aromatic rings. The Morgan fingerprint density at radius 2 is 1.88 bits per heavy atom. The summed E-state index contributed by atoms with van der Waals surface area (Å²) in [7, 11) is 0. The Labute approximate surface area is 141 Å². The molecule has 1 aliphatic rings. The van der Waals surface area contributed by atoms with Crippen LogP contribution in [-0.4, -0.2) is 23.2 Å². The Kier molecular flexibility index (Phi) is 3.73. The summed E-state index contributed by atoms with van der Waals surface area (Å²) in [5.41, 5.74) is 3.21. The number of furan rings is 1. The number of anilines is 1. The predicted octanol–water partition coefficient (Wildman–Crippen LogP) is 4.13. The largest absolute Gasteiger partial charge is 0.443 e. The number of aromatic nitrogens is 2. The van der Waals surface area contributed by atoms with Crippen molar-refractivity contribution in [3.63, 3.8) is 0 Å². The molecule has 0 spiro atoms. The van der Waals surface area contributed by atoms with Gasteiger partial charge in [0, 0.05) is 12.0 Å². The summed E-state index contributed by atoms with van der Waals surface area (Å²) in [6.45, 7) is 7.61. The molecule has 3 heterocycles. The lowest BCUT2D eigenvalue weighted by Gasteiger charge is -2.26. The molecule has 5 nitrogen and oxygen atoms in total. The number of nitrogens with zero attached hydrogens (tertiary/aromatic N) is 2. The van der Waals surface area contributed by atoms with Gasteiger partial charge in [0.25, 0.3) is 0 Å². The maximum absolute atomic E-state index is 5.63. The molecule has 4 rings (SSSR count). The van der Waals surface area contributed by atoms with Crippen LogP contribution in [0.15, 0.2) is 34.7 Å². The van der Waals surface area contributed by atoms with Crippen molar-refractivity contribution < 1.29 is 9.15 Å². The third kappa shape index (κ3) is 2.76. The van der Waals surface area contributed by atoms with Crippen LogP contribution in [0.4, 0.5) is 5.82 Å². The topological polar surface area (TPSA) is 60.2 Å². The van der Waals surface area contributed by atoms with Crippen molar-refractivity contribution in [2.45, 2.75) is 32.7 Å². The standard InChI is InChI=1S/C19H21N3O2/c1-11-8-17-18(21-13(3)22-19(17)24-11)20-12(2)14-4-6-15(7-5-14)16-9-23-10-16/h4-8,12,16H,9-10H2,1-3H3,(H,20,21,22). The highest BCUT2D eigenvalue weighted by Crippen LogP contribution is 2.29. The first-order valence-corrected chi connectivity index (χ1v) is 8.29. The number of aryl methyl sites for hydroxylation is 2. The lowest BCUT2D eigenvalue weighted by Crippen LogP contribution is -2.25. The van der Waals surface area contributed by atoms with Crippen LogP contribution in [0, 0.1) is 13.8 Å². The minimum absolute atomic E-state index is 0.143. The Morgan fingerprint density at radius 1 is 1.12 bits per heavy atom. The second-order valence-corrected chi connectivity index (χ2v) is 6.46. The van der Waals surface area contributed by atoms with Gasteiger partial charge < -0.3 is 14.5 Å². The smallest absolute Gasteiger partial charge is 0.231 e. The molecule has 0 saturated carbocycles. The van der Waals surface area contributed by atoms with Crippen molar-refractivity contribution in [1.29, 1.82) is 0 Å². The highest BCUT2D eigenvalue weighted by Gasteiger charge is 2.20. The fraction of sp³-hybridized carbons (Fsp3) is 0.368. The Hall–Kier alpha value is -2.40. The van der Waals surface area contributed by atoms with E-state index in [1.165, 1.54) is 11.1 Å². The normalized spacial score (nSPS) is 16.1. The molecule has 124 valence electrons. The molecule has 1 atom stereocenters. The van der Waals surface area contributed by atoms with E-state index in [0.29, 0.717) is 17.5 Å². The number of benzene rings is 1. The summed E-state index contributed by atoms with van der Waals surface area (Å²) < 4.78 is 10.9. The molecule has 1 saturated heterocycles. The summed E-state index contributed by atoms with van der Waals surface area (Å²) in [6.07, 6.45) is 0. The molecule has 0 bridgehead atoms. The number of hydrogen-bond acceptors (Lipinski definition) is 5. The van der Waals surface area contributed by atoms with Gasteiger partial charge in [-0.15, -0.1) is 0 Å². The molecule has 5 heteroatoms. The van der Waals surface area contributed by atoms with Gasteiger partial charge in [-0.05, 0) is 38.0 Å². The van der Waals surface area contributed by atoms with Crippen molar-refractivity contribution in [1.82, 2.24) is 9.97 Å². The predicted molar refractivity (Wildman–Crippen MR) is 93.3 cm³/mol. The maximum Gasteiger partial charge on any atom is 0.231 e. The van der Waals surface area contributed by atoms with Crippen LogP contribution in [0.3, 0.4) is 0 Å². The minimum Gasteiger partial charge on any atom is -0.443 e. The van der Waals surface area contributed by atoms with Gasteiger partial charge in [-0.2, -0.15) is 4.98 Å². The molecule has 0 radical (unpaired) electrons. The monoisotopic (exact) mass is 323 g/mol. The first kappa shape index (κ1) is 15.1. The Morgan fingerprint density at radius 3 is 2.54 bits per heavy atom. The van der Waals surface area contributed by atoms with Crippen LogP contribution in [0.2, 0.25) is 0 Å². The van der Waals surface area contributed by atoms with E-state index in [-0.39, 0.29) is 6.04 Å². The van der Waals surface area contributed by atoms with Crippen molar-refractivity contribution in [3.05, 3.63) is 53.0 Å². The van der Waals surface area contributed by atoms with Crippen molar-refractivity contribution in [2.75, 3.05) is 18.5 Å². The van der Waals surface area contributed by atoms with E-state index in [0.717, 1.165) is 30.2 Å². The van der Waals surface area contributed by atoms with Gasteiger partial charge >= 0.3 is 0 Å². The Balaban J connectivity index is 1.58. The summed E-state index contributed by atoms with van der Waals surface area (Å²) >= 11 is 0. The van der Waals surface area contributed by atoms with Crippen LogP contribution in [-0.2, 0) is 4.74 Å². The second kappa shape index (κ2) is 5.91. The zero-order chi connectivity index (χ0) is 16.7. The third-order valence-electron chi connectivity index (χ3n) is 4.53. The van der Waals surface area contributed by atoms with Gasteiger partial charge in [0.05, 0.1) is 18.6 Å². The quantitative estimate of drug-likeness (QED) is 0.782. The van der Waals surface area contributed by atoms with Crippen LogP contribution in [0.25, 0.3) is 11.1 Å². The lowest BCUT2D eigenvalue weighted by molar-refractivity contribution is 0.00841. The van der Waals surface area contributed by atoms with E-state index in [2.05, 4.69) is 46.5 Å². The van der Waals surface area contributed by atoms with Gasteiger partial charge in [-0.3, -0.25) is 0 Å². The zero-order valence-electron chi connectivity index (χ0n) is 14.2. The zero-order valence-corrected chi connectivity index (χ0v) is 14.2. The molecule has 1 aromatic carbocycles. The molecule has 2 aromatic heterocycles. The Bertz CT molecular complexity index is 866. The van der Waals surface area contributed by atoms with Crippen molar-refractivity contribution >= 4 is 16.9 Å². The molecule has 1 N–H and O–H groups in total. The third-order valence-corrected chi connectivity index (χ3v) is 4.53. The van der Waals surface area contributed by atoms with Gasteiger partial charge in [0.1, 0.15) is 17.4 Å². The minimum atomic E-state index is 0.143. The summed E-state index contributed by atoms with van der Waals surface area (Å²) in [4.78, 5) is 8.90. The average Bonchev–Trinajstić information content (AvgIpc) is 2.86. The molecule has 1 aliphatic heterocycles. The van der Waals surface area contributed by atoms with Crippen molar-refractivity contribution in [3.8, 4) is 0 Å². The summed E-state index contributed by atoms with van der Waals surface area (Å²) in [5.74, 6) is 2.92. The van der Waals surface area contributed by atoms with E-state index < -0.39 is 0 Å². The SMILES string of the molecule is Cc1nc(NC(C)c2ccc(C3COC3)cc2)c2cc(C)oc2n1. The van der Waals surface area contributed by atoms with Crippen LogP contribution in [0.1, 0.15) is 41.6 Å². The molecule has 0 amide bonds. The lowest BCUT2D eigenvalue weighted by atomic mass is 9.95. The fourth-order valence-electron chi connectivity index (χ4n) is 3.03. The highest BCUT2D eigenvalue weighted by atomic mass is 16.5. The van der Waals surface area contributed by atoms with E-state index in [9.17, 15) is 0 Å². The van der Waals surface area contributed by atoms with Gasteiger partial charge in [-0.25, -0.2) is 4.98 Å². The summed E-state index contributed by atoms with van der Waals surface area (Å²) in [5, 5.41) is 4.42. The van der Waals surface area contributed by atoms with Crippen LogP contribution in [0.5, 0.6) is 0 Å². The van der Waals surface area contributed by atoms with Crippen LogP contribution < -0.4 is 5.32 Å². The molecular weight excluding hydrogens is 302 g/mol. The number of hydrogen-bond donors (Lipinski definition) is 1. The van der Waals surface area contributed by atoms with Crippen molar-refractivity contribution in [2.24, 2.45) is 0 Å². The average molecular weight is 323 g/mol. The highest BCUT2D eigenvalue weighted by molar-refractivity contribution is 5.86. The van der Waals surface area contributed by atoms with Gasteiger partial charge in [-0.1, -0.05) is 24.3 Å². The molecule has 1 fully saturated rings. The first-order chi connectivity index (χ1) is 11.6. The number of ether oxygens (including phenoxy) is 1. The van der Waals surface area contributed by atoms with E-state index >= 15 is 0 Å². The molecule has 0 aliphatic carbocycles. The second-order valence-electron chi connectivity index (χ2n) is 6.46. The number of fused-ring (bicyclic) bond motifs is 1.